The average Bonchev–Trinajstić information content (AvgIpc) is 2.46. The first-order valence-electron chi connectivity index (χ1n) is 6.67. The number of nitrogens with two attached hydrogens (primary N) is 1. The van der Waals surface area contributed by atoms with E-state index in [1.54, 1.807) is 14.2 Å². The van der Waals surface area contributed by atoms with Crippen LogP contribution in [0.25, 0.3) is 0 Å². The molecule has 2 rings (SSSR count). The lowest BCUT2D eigenvalue weighted by molar-refractivity contribution is 0.354. The van der Waals surface area contributed by atoms with Crippen molar-refractivity contribution in [1.82, 2.24) is 9.97 Å². The van der Waals surface area contributed by atoms with Crippen LogP contribution in [0, 0.1) is 0 Å². The van der Waals surface area contributed by atoms with Gasteiger partial charge < -0.3 is 20.2 Å². The van der Waals surface area contributed by atoms with Crippen LogP contribution in [-0.4, -0.2) is 24.2 Å². The van der Waals surface area contributed by atoms with Crippen LogP contribution < -0.4 is 20.8 Å². The SMILES string of the molecule is CCc1c(N)nc(Cc2ccc(OC)c(OC)c2)[nH]c1=O. The Kier molecular flexibility index (Phi) is 4.47. The molecule has 21 heavy (non-hydrogen) atoms. The zero-order valence-electron chi connectivity index (χ0n) is 12.4. The number of ether oxygens (including phenoxy) is 2. The summed E-state index contributed by atoms with van der Waals surface area (Å²) in [6, 6.07) is 5.56. The molecule has 0 saturated carbocycles. The van der Waals surface area contributed by atoms with Crippen LogP contribution in [0.15, 0.2) is 23.0 Å². The lowest BCUT2D eigenvalue weighted by Gasteiger charge is -2.10. The Morgan fingerprint density at radius 2 is 1.95 bits per heavy atom. The molecule has 0 atom stereocenters. The number of hydrogen-bond donors (Lipinski definition) is 2. The Labute approximate surface area is 122 Å². The summed E-state index contributed by atoms with van der Waals surface area (Å²) in [5.41, 5.74) is 7.10. The van der Waals surface area contributed by atoms with Gasteiger partial charge in [0.15, 0.2) is 11.5 Å². The molecule has 0 saturated heterocycles. The summed E-state index contributed by atoms with van der Waals surface area (Å²) in [6.07, 6.45) is 1.02. The number of H-pyrrole nitrogens is 1. The maximum absolute atomic E-state index is 11.9. The van der Waals surface area contributed by atoms with E-state index in [1.165, 1.54) is 0 Å². The Bertz CT molecular complexity index is 695. The van der Waals surface area contributed by atoms with Crippen LogP contribution in [0.1, 0.15) is 23.9 Å². The van der Waals surface area contributed by atoms with Crippen LogP contribution in [0.4, 0.5) is 5.82 Å². The molecule has 0 spiro atoms. The third kappa shape index (κ3) is 3.16. The number of nitrogens with one attached hydrogen (secondary N) is 1. The summed E-state index contributed by atoms with van der Waals surface area (Å²) in [6.45, 7) is 1.87. The van der Waals surface area contributed by atoms with Crippen molar-refractivity contribution < 1.29 is 9.47 Å². The van der Waals surface area contributed by atoms with Gasteiger partial charge in [0.05, 0.1) is 19.8 Å². The molecular weight excluding hydrogens is 270 g/mol. The lowest BCUT2D eigenvalue weighted by Crippen LogP contribution is -2.19. The summed E-state index contributed by atoms with van der Waals surface area (Å²) >= 11 is 0. The van der Waals surface area contributed by atoms with Gasteiger partial charge in [-0.25, -0.2) is 4.98 Å². The van der Waals surface area contributed by atoms with E-state index in [4.69, 9.17) is 15.2 Å². The van der Waals surface area contributed by atoms with Crippen molar-refractivity contribution in [3.8, 4) is 11.5 Å². The van der Waals surface area contributed by atoms with Gasteiger partial charge in [-0.3, -0.25) is 4.79 Å². The van der Waals surface area contributed by atoms with Gasteiger partial charge in [-0.1, -0.05) is 13.0 Å². The Morgan fingerprint density at radius 3 is 2.52 bits per heavy atom. The molecule has 0 aliphatic rings. The Hall–Kier alpha value is -2.50. The van der Waals surface area contributed by atoms with Gasteiger partial charge >= 0.3 is 0 Å². The second-order valence-corrected chi connectivity index (χ2v) is 4.60. The quantitative estimate of drug-likeness (QED) is 0.871. The smallest absolute Gasteiger partial charge is 0.256 e. The molecule has 112 valence electrons. The van der Waals surface area contributed by atoms with E-state index >= 15 is 0 Å². The Morgan fingerprint density at radius 1 is 1.24 bits per heavy atom. The highest BCUT2D eigenvalue weighted by Gasteiger charge is 2.09. The number of aromatic nitrogens is 2. The number of anilines is 1. The topological polar surface area (TPSA) is 90.2 Å². The number of benzene rings is 1. The molecule has 1 aromatic heterocycles. The average molecular weight is 289 g/mol. The van der Waals surface area contributed by atoms with Gasteiger partial charge in [-0.15, -0.1) is 0 Å². The van der Waals surface area contributed by atoms with Crippen molar-refractivity contribution in [3.63, 3.8) is 0 Å². The first-order chi connectivity index (χ1) is 10.1. The second kappa shape index (κ2) is 6.30. The van der Waals surface area contributed by atoms with Gasteiger partial charge in [0.2, 0.25) is 0 Å². The predicted molar refractivity (Wildman–Crippen MR) is 81.0 cm³/mol. The fraction of sp³-hybridized carbons (Fsp3) is 0.333. The minimum absolute atomic E-state index is 0.180. The molecule has 0 radical (unpaired) electrons. The normalized spacial score (nSPS) is 10.4. The van der Waals surface area contributed by atoms with E-state index in [-0.39, 0.29) is 11.4 Å². The van der Waals surface area contributed by atoms with E-state index in [0.29, 0.717) is 35.7 Å². The molecule has 3 N–H and O–H groups in total. The van der Waals surface area contributed by atoms with Crippen molar-refractivity contribution in [2.24, 2.45) is 0 Å². The van der Waals surface area contributed by atoms with Gasteiger partial charge in [0, 0.05) is 6.42 Å². The highest BCUT2D eigenvalue weighted by Crippen LogP contribution is 2.28. The van der Waals surface area contributed by atoms with Crippen molar-refractivity contribution in [2.75, 3.05) is 20.0 Å². The summed E-state index contributed by atoms with van der Waals surface area (Å²) < 4.78 is 10.4. The predicted octanol–water partition coefficient (Wildman–Crippen LogP) is 1.52. The van der Waals surface area contributed by atoms with Crippen LogP contribution >= 0.6 is 0 Å². The number of aromatic amines is 1. The van der Waals surface area contributed by atoms with Crippen molar-refractivity contribution >= 4 is 5.82 Å². The molecule has 0 unspecified atom stereocenters. The third-order valence-electron chi connectivity index (χ3n) is 3.27. The zero-order chi connectivity index (χ0) is 15.4. The zero-order valence-corrected chi connectivity index (χ0v) is 12.4. The molecule has 2 aromatic rings. The lowest BCUT2D eigenvalue weighted by atomic mass is 10.1. The van der Waals surface area contributed by atoms with Crippen molar-refractivity contribution in [1.29, 1.82) is 0 Å². The highest BCUT2D eigenvalue weighted by atomic mass is 16.5. The summed E-state index contributed by atoms with van der Waals surface area (Å²) in [5, 5.41) is 0. The van der Waals surface area contributed by atoms with Crippen molar-refractivity contribution in [2.45, 2.75) is 19.8 Å². The molecule has 0 aliphatic heterocycles. The van der Waals surface area contributed by atoms with Crippen LogP contribution in [0.5, 0.6) is 11.5 Å². The minimum Gasteiger partial charge on any atom is -0.493 e. The summed E-state index contributed by atoms with van der Waals surface area (Å²) in [5.74, 6) is 2.11. The monoisotopic (exact) mass is 289 g/mol. The van der Waals surface area contributed by atoms with Crippen molar-refractivity contribution in [3.05, 3.63) is 45.5 Å². The van der Waals surface area contributed by atoms with E-state index in [2.05, 4.69) is 9.97 Å². The van der Waals surface area contributed by atoms with E-state index < -0.39 is 0 Å². The molecule has 0 amide bonds. The molecule has 6 nitrogen and oxygen atoms in total. The molecule has 0 fully saturated rings. The number of nitrogen functional groups attached to an aromatic ring is 1. The molecule has 0 aliphatic carbocycles. The van der Waals surface area contributed by atoms with Crippen LogP contribution in [-0.2, 0) is 12.8 Å². The largest absolute Gasteiger partial charge is 0.493 e. The van der Waals surface area contributed by atoms with E-state index in [0.717, 1.165) is 5.56 Å². The standard InChI is InChI=1S/C15H19N3O3/c1-4-10-14(16)17-13(18-15(10)19)8-9-5-6-11(20-2)12(7-9)21-3/h5-7H,4,8H2,1-3H3,(H3,16,17,18,19). The van der Waals surface area contributed by atoms with E-state index in [1.807, 2.05) is 25.1 Å². The molecular formula is C15H19N3O3. The number of methoxy groups -OCH3 is 2. The molecule has 1 aromatic carbocycles. The van der Waals surface area contributed by atoms with Crippen LogP contribution in [0.3, 0.4) is 0 Å². The fourth-order valence-electron chi connectivity index (χ4n) is 2.17. The fourth-order valence-corrected chi connectivity index (χ4v) is 2.17. The third-order valence-corrected chi connectivity index (χ3v) is 3.27. The van der Waals surface area contributed by atoms with E-state index in [9.17, 15) is 4.79 Å². The maximum atomic E-state index is 11.9. The Balaban J connectivity index is 2.32. The number of hydrogen-bond acceptors (Lipinski definition) is 5. The van der Waals surface area contributed by atoms with Gasteiger partial charge in [0.25, 0.3) is 5.56 Å². The van der Waals surface area contributed by atoms with Gasteiger partial charge in [-0.05, 0) is 24.1 Å². The second-order valence-electron chi connectivity index (χ2n) is 4.60. The first-order valence-corrected chi connectivity index (χ1v) is 6.67. The molecule has 6 heteroatoms. The first kappa shape index (κ1) is 14.9. The minimum atomic E-state index is -0.180. The van der Waals surface area contributed by atoms with Gasteiger partial charge in [-0.2, -0.15) is 0 Å². The molecule has 1 heterocycles. The highest BCUT2D eigenvalue weighted by molar-refractivity contribution is 5.44. The number of rotatable bonds is 5. The number of nitrogens with zero attached hydrogens (tertiary/aromatic N) is 1. The summed E-state index contributed by atoms with van der Waals surface area (Å²) in [4.78, 5) is 18.9. The summed E-state index contributed by atoms with van der Waals surface area (Å²) in [7, 11) is 3.16. The van der Waals surface area contributed by atoms with Crippen LogP contribution in [0.2, 0.25) is 0 Å². The maximum Gasteiger partial charge on any atom is 0.256 e. The van der Waals surface area contributed by atoms with Gasteiger partial charge in [0.1, 0.15) is 11.6 Å². The molecule has 0 bridgehead atoms.